The van der Waals surface area contributed by atoms with E-state index in [9.17, 15) is 0 Å². The van der Waals surface area contributed by atoms with Crippen LogP contribution in [0.25, 0.3) is 0 Å². The largest absolute Gasteiger partial charge is 0.378 e. The molecule has 1 aliphatic rings. The van der Waals surface area contributed by atoms with Gasteiger partial charge in [-0.1, -0.05) is 13.8 Å². The molecule has 4 heteroatoms. The average molecular weight is 208 g/mol. The number of likely N-dealkylation sites (N-methyl/N-ethyl adjacent to an activating group) is 1. The van der Waals surface area contributed by atoms with Gasteiger partial charge in [-0.15, -0.1) is 0 Å². The minimum atomic E-state index is 0.470. The first-order chi connectivity index (χ1) is 7.16. The quantitative estimate of drug-likeness (QED) is 0.794. The summed E-state index contributed by atoms with van der Waals surface area (Å²) in [6, 6.07) is 0.574. The minimum absolute atomic E-state index is 0.470. The number of likely N-dealkylation sites (tertiary alicyclic amines) is 1. The van der Waals surface area contributed by atoms with Crippen LogP contribution >= 0.6 is 0 Å². The van der Waals surface area contributed by atoms with Gasteiger partial charge in [0.1, 0.15) is 0 Å². The molecule has 0 amide bonds. The summed E-state index contributed by atoms with van der Waals surface area (Å²) in [6.45, 7) is 6.65. The topological polar surface area (TPSA) is 44.0 Å². The van der Waals surface area contributed by atoms with E-state index in [1.54, 1.807) is 0 Å². The van der Waals surface area contributed by atoms with Gasteiger partial charge >= 0.3 is 0 Å². The highest BCUT2D eigenvalue weighted by Gasteiger charge is 2.21. The molecule has 1 aromatic rings. The van der Waals surface area contributed by atoms with E-state index in [2.05, 4.69) is 41.3 Å². The number of aromatic amines is 1. The number of aromatic nitrogens is 2. The van der Waals surface area contributed by atoms with Gasteiger partial charge in [0.2, 0.25) is 0 Å². The van der Waals surface area contributed by atoms with Gasteiger partial charge in [-0.05, 0) is 25.9 Å². The van der Waals surface area contributed by atoms with E-state index in [4.69, 9.17) is 0 Å². The third kappa shape index (κ3) is 2.31. The van der Waals surface area contributed by atoms with Gasteiger partial charge in [-0.2, -0.15) is 5.10 Å². The van der Waals surface area contributed by atoms with Crippen molar-refractivity contribution in [1.29, 1.82) is 0 Å². The number of H-pyrrole nitrogens is 1. The van der Waals surface area contributed by atoms with Crippen LogP contribution in [0, 0.1) is 0 Å². The molecule has 1 saturated heterocycles. The summed E-state index contributed by atoms with van der Waals surface area (Å²) in [5.41, 5.74) is 2.31. The van der Waals surface area contributed by atoms with Crippen LogP contribution < -0.4 is 5.32 Å². The molecule has 0 saturated carbocycles. The van der Waals surface area contributed by atoms with Crippen molar-refractivity contribution < 1.29 is 0 Å². The maximum Gasteiger partial charge on any atom is 0.0878 e. The molecule has 2 heterocycles. The molecule has 1 unspecified atom stereocenters. The van der Waals surface area contributed by atoms with E-state index in [0.29, 0.717) is 12.0 Å². The average Bonchev–Trinajstić information content (AvgIpc) is 2.75. The maximum atomic E-state index is 4.28. The smallest absolute Gasteiger partial charge is 0.0878 e. The number of hydrogen-bond donors (Lipinski definition) is 2. The van der Waals surface area contributed by atoms with Crippen molar-refractivity contribution in [2.75, 3.05) is 25.5 Å². The van der Waals surface area contributed by atoms with Gasteiger partial charge in [0.05, 0.1) is 11.4 Å². The van der Waals surface area contributed by atoms with Crippen molar-refractivity contribution in [2.24, 2.45) is 0 Å². The van der Waals surface area contributed by atoms with E-state index in [-0.39, 0.29) is 0 Å². The van der Waals surface area contributed by atoms with Crippen molar-refractivity contribution in [1.82, 2.24) is 15.1 Å². The summed E-state index contributed by atoms with van der Waals surface area (Å²) < 4.78 is 0. The Bertz CT molecular complexity index is 318. The lowest BCUT2D eigenvalue weighted by atomic mass is 10.1. The van der Waals surface area contributed by atoms with Crippen molar-refractivity contribution >= 4 is 5.69 Å². The molecular formula is C11H20N4. The molecule has 84 valence electrons. The molecule has 1 aromatic heterocycles. The normalized spacial score (nSPS) is 22.5. The number of nitrogens with zero attached hydrogens (tertiary/aromatic N) is 2. The van der Waals surface area contributed by atoms with Gasteiger partial charge in [-0.25, -0.2) is 0 Å². The summed E-state index contributed by atoms with van der Waals surface area (Å²) in [4.78, 5) is 2.35. The van der Waals surface area contributed by atoms with Crippen molar-refractivity contribution in [2.45, 2.75) is 32.2 Å². The SMILES string of the molecule is CC(C)c1n[nH]cc1NC1CCN(C)C1. The van der Waals surface area contributed by atoms with Crippen LogP contribution in [-0.4, -0.2) is 41.3 Å². The molecule has 0 spiro atoms. The Morgan fingerprint density at radius 1 is 1.60 bits per heavy atom. The standard InChI is InChI=1S/C11H20N4/c1-8(2)11-10(6-12-14-11)13-9-4-5-15(3)7-9/h6,8-9,13H,4-5,7H2,1-3H3,(H,12,14). The molecule has 0 bridgehead atoms. The molecule has 0 radical (unpaired) electrons. The van der Waals surface area contributed by atoms with Crippen molar-refractivity contribution in [3.05, 3.63) is 11.9 Å². The zero-order valence-corrected chi connectivity index (χ0v) is 9.75. The van der Waals surface area contributed by atoms with Crippen molar-refractivity contribution in [3.8, 4) is 0 Å². The highest BCUT2D eigenvalue weighted by atomic mass is 15.2. The fourth-order valence-electron chi connectivity index (χ4n) is 2.13. The predicted molar refractivity (Wildman–Crippen MR) is 62.2 cm³/mol. The van der Waals surface area contributed by atoms with E-state index in [1.165, 1.54) is 18.7 Å². The second-order valence-corrected chi connectivity index (χ2v) is 4.73. The van der Waals surface area contributed by atoms with Crippen LogP contribution in [0.5, 0.6) is 0 Å². The first kappa shape index (κ1) is 10.5. The molecule has 1 aliphatic heterocycles. The van der Waals surface area contributed by atoms with Crippen LogP contribution in [-0.2, 0) is 0 Å². The second kappa shape index (κ2) is 4.23. The van der Waals surface area contributed by atoms with Crippen LogP contribution in [0.1, 0.15) is 31.9 Å². The minimum Gasteiger partial charge on any atom is -0.378 e. The van der Waals surface area contributed by atoms with Crippen LogP contribution in [0.2, 0.25) is 0 Å². The third-order valence-electron chi connectivity index (χ3n) is 2.97. The Hall–Kier alpha value is -1.03. The molecule has 2 N–H and O–H groups in total. The number of anilines is 1. The van der Waals surface area contributed by atoms with Crippen LogP contribution in [0.15, 0.2) is 6.20 Å². The third-order valence-corrected chi connectivity index (χ3v) is 2.97. The Kier molecular flexibility index (Phi) is 2.95. The molecule has 0 aromatic carbocycles. The summed E-state index contributed by atoms with van der Waals surface area (Å²) in [6.07, 6.45) is 3.19. The van der Waals surface area contributed by atoms with E-state index in [0.717, 1.165) is 12.2 Å². The molecule has 0 aliphatic carbocycles. The van der Waals surface area contributed by atoms with Gasteiger partial charge < -0.3 is 10.2 Å². The van der Waals surface area contributed by atoms with Gasteiger partial charge in [-0.3, -0.25) is 5.10 Å². The zero-order valence-electron chi connectivity index (χ0n) is 9.75. The maximum absolute atomic E-state index is 4.28. The Morgan fingerprint density at radius 2 is 2.40 bits per heavy atom. The molecule has 2 rings (SSSR count). The Morgan fingerprint density at radius 3 is 3.00 bits per heavy atom. The first-order valence-electron chi connectivity index (χ1n) is 5.65. The lowest BCUT2D eigenvalue weighted by molar-refractivity contribution is 0.414. The van der Waals surface area contributed by atoms with E-state index >= 15 is 0 Å². The highest BCUT2D eigenvalue weighted by Crippen LogP contribution is 2.23. The summed E-state index contributed by atoms with van der Waals surface area (Å²) >= 11 is 0. The first-order valence-corrected chi connectivity index (χ1v) is 5.65. The van der Waals surface area contributed by atoms with Crippen LogP contribution in [0.3, 0.4) is 0 Å². The predicted octanol–water partition coefficient (Wildman–Crippen LogP) is 1.65. The van der Waals surface area contributed by atoms with Crippen LogP contribution in [0.4, 0.5) is 5.69 Å². The van der Waals surface area contributed by atoms with Gasteiger partial charge in [0, 0.05) is 18.8 Å². The number of nitrogens with one attached hydrogen (secondary N) is 2. The van der Waals surface area contributed by atoms with Crippen molar-refractivity contribution in [3.63, 3.8) is 0 Å². The molecular weight excluding hydrogens is 188 g/mol. The molecule has 1 fully saturated rings. The molecule has 4 nitrogen and oxygen atoms in total. The van der Waals surface area contributed by atoms with Gasteiger partial charge in [0.25, 0.3) is 0 Å². The Balaban J connectivity index is 2.01. The summed E-state index contributed by atoms with van der Waals surface area (Å²) in [5, 5.41) is 10.8. The lowest BCUT2D eigenvalue weighted by Gasteiger charge is -2.14. The number of hydrogen-bond acceptors (Lipinski definition) is 3. The zero-order chi connectivity index (χ0) is 10.8. The fraction of sp³-hybridized carbons (Fsp3) is 0.727. The molecule has 1 atom stereocenters. The van der Waals surface area contributed by atoms with Gasteiger partial charge in [0.15, 0.2) is 0 Å². The Labute approximate surface area is 91.1 Å². The fourth-order valence-corrected chi connectivity index (χ4v) is 2.13. The summed E-state index contributed by atoms with van der Waals surface area (Å²) in [7, 11) is 2.17. The summed E-state index contributed by atoms with van der Waals surface area (Å²) in [5.74, 6) is 0.470. The second-order valence-electron chi connectivity index (χ2n) is 4.73. The van der Waals surface area contributed by atoms with E-state index in [1.807, 2.05) is 6.20 Å². The highest BCUT2D eigenvalue weighted by molar-refractivity contribution is 5.48. The number of rotatable bonds is 3. The van der Waals surface area contributed by atoms with E-state index < -0.39 is 0 Å². The molecule has 15 heavy (non-hydrogen) atoms. The lowest BCUT2D eigenvalue weighted by Crippen LogP contribution is -2.23. The monoisotopic (exact) mass is 208 g/mol.